The van der Waals surface area contributed by atoms with Gasteiger partial charge < -0.3 is 34.2 Å². The number of non-ortho nitro benzene ring substituents is 2. The van der Waals surface area contributed by atoms with Gasteiger partial charge in [0.05, 0.1) is 34.1 Å². The highest BCUT2D eigenvalue weighted by Gasteiger charge is 2.65. The molecule has 3 aromatic rings. The van der Waals surface area contributed by atoms with Crippen LogP contribution in [0.25, 0.3) is 0 Å². The van der Waals surface area contributed by atoms with Crippen molar-refractivity contribution in [2.75, 3.05) is 26.4 Å². The van der Waals surface area contributed by atoms with Gasteiger partial charge in [-0.25, -0.2) is 0 Å². The Morgan fingerprint density at radius 2 is 1.53 bits per heavy atom. The number of nitro benzene ring substituents is 2. The maximum atomic E-state index is 14.9. The van der Waals surface area contributed by atoms with E-state index in [1.165, 1.54) is 56.4 Å². The molecular weight excluding hydrogens is 893 g/mol. The molecule has 15 heteroatoms. The van der Waals surface area contributed by atoms with E-state index in [9.17, 15) is 35.2 Å². The Morgan fingerprint density at radius 1 is 0.843 bits per heavy atom. The molecule has 6 atom stereocenters. The number of fused-ring (bicyclic) bond motifs is 2. The van der Waals surface area contributed by atoms with E-state index in [2.05, 4.69) is 26.5 Å². The van der Waals surface area contributed by atoms with Crippen LogP contribution in [0.1, 0.15) is 146 Å². The number of carbonyl (C=O) groups excluding carboxylic acids is 1. The zero-order valence-electron chi connectivity index (χ0n) is 41.2. The predicted molar refractivity (Wildman–Crippen MR) is 270 cm³/mol. The summed E-state index contributed by atoms with van der Waals surface area (Å²) in [5, 5.41) is 48.1. The molecule has 1 saturated carbocycles. The fourth-order valence-corrected chi connectivity index (χ4v) is 10.8. The van der Waals surface area contributed by atoms with Crippen LogP contribution < -0.4 is 9.47 Å². The van der Waals surface area contributed by atoms with Crippen molar-refractivity contribution < 1.29 is 43.9 Å². The number of oxime groups is 1. The number of nitrogens with zero attached hydrogens (tertiary/aromatic N) is 4. The van der Waals surface area contributed by atoms with E-state index in [1.807, 2.05) is 17.0 Å². The number of allylic oxidation sites excluding steroid dienone is 1. The Labute approximate surface area is 413 Å². The third-order valence-corrected chi connectivity index (χ3v) is 14.1. The second kappa shape index (κ2) is 27.1. The standard InChI is InChI=1S/C55H74N4O11/c1-4-7-8-9-10-11-12-13-14-24-52(62)57(31-5-2)51-38-49(56-68-39-40-25-27-42(28-26-40)58(63)64)47-35-41(20-15-17-32-60)46(23-16-18-33-61)53-48-37-45(69-44-22-19-21-43(36-44)59(65)66)29-30-50(48)70-55(51,54(47)53)67-34-6-3/h6,19,21-22,25-30,35-37,41,46,51,53-54,60-61H,3-5,7-18,20,23-24,31-34,38-39H2,1-2H3/t41-,46+,51-,53+,54+,55+/m0/s1. The maximum Gasteiger partial charge on any atom is 0.273 e. The van der Waals surface area contributed by atoms with Crippen molar-refractivity contribution in [2.45, 2.75) is 154 Å². The first-order valence-electron chi connectivity index (χ1n) is 25.7. The van der Waals surface area contributed by atoms with Gasteiger partial charge in [0.25, 0.3) is 11.4 Å². The minimum Gasteiger partial charge on any atom is -0.459 e. The topological polar surface area (TPSA) is 196 Å². The lowest BCUT2D eigenvalue weighted by Crippen LogP contribution is -2.70. The molecule has 70 heavy (non-hydrogen) atoms. The summed E-state index contributed by atoms with van der Waals surface area (Å²) in [7, 11) is 0. The lowest BCUT2D eigenvalue weighted by atomic mass is 9.55. The number of aliphatic hydroxyl groups excluding tert-OH is 2. The maximum absolute atomic E-state index is 14.9. The molecule has 0 aromatic heterocycles. The Kier molecular flexibility index (Phi) is 20.8. The van der Waals surface area contributed by atoms with Crippen LogP contribution in [0.2, 0.25) is 0 Å². The summed E-state index contributed by atoms with van der Waals surface area (Å²) in [5.41, 5.74) is 2.95. The molecule has 3 aromatic carbocycles. The van der Waals surface area contributed by atoms with Gasteiger partial charge in [-0.2, -0.15) is 0 Å². The summed E-state index contributed by atoms with van der Waals surface area (Å²) in [4.78, 5) is 45.3. The molecule has 3 aliphatic rings. The first-order chi connectivity index (χ1) is 34.1. The van der Waals surface area contributed by atoms with Gasteiger partial charge >= 0.3 is 0 Å². The quantitative estimate of drug-likeness (QED) is 0.0269. The summed E-state index contributed by atoms with van der Waals surface area (Å²) >= 11 is 0. The first-order valence-corrected chi connectivity index (χ1v) is 25.7. The van der Waals surface area contributed by atoms with Crippen LogP contribution in [-0.4, -0.2) is 74.8 Å². The lowest BCUT2D eigenvalue weighted by Gasteiger charge is -2.60. The molecule has 15 nitrogen and oxygen atoms in total. The molecule has 2 N–H and O–H groups in total. The van der Waals surface area contributed by atoms with Gasteiger partial charge in [0.1, 0.15) is 29.9 Å². The largest absolute Gasteiger partial charge is 0.459 e. The highest BCUT2D eigenvalue weighted by atomic mass is 16.7. The number of rotatable bonds is 31. The van der Waals surface area contributed by atoms with Crippen LogP contribution >= 0.6 is 0 Å². The van der Waals surface area contributed by atoms with Gasteiger partial charge in [-0.05, 0) is 97.9 Å². The normalized spacial score (nSPS) is 21.7. The number of amides is 1. The first kappa shape index (κ1) is 53.7. The number of carbonyl (C=O) groups is 1. The monoisotopic (exact) mass is 967 g/mol. The van der Waals surface area contributed by atoms with Crippen molar-refractivity contribution in [1.82, 2.24) is 4.90 Å². The van der Waals surface area contributed by atoms with Crippen molar-refractivity contribution in [1.29, 1.82) is 0 Å². The second-order valence-electron chi connectivity index (χ2n) is 19.0. The highest BCUT2D eigenvalue weighted by Crippen LogP contribution is 2.62. The summed E-state index contributed by atoms with van der Waals surface area (Å²) in [6, 6.07) is 17.2. The number of ether oxygens (including phenoxy) is 3. The molecular formula is C55H74N4O11. The molecule has 1 fully saturated rings. The predicted octanol–water partition coefficient (Wildman–Crippen LogP) is 12.3. The molecule has 1 aliphatic heterocycles. The third kappa shape index (κ3) is 13.6. The fourth-order valence-electron chi connectivity index (χ4n) is 10.8. The van der Waals surface area contributed by atoms with Gasteiger partial charge in [0, 0.05) is 62.3 Å². The van der Waals surface area contributed by atoms with E-state index in [0.29, 0.717) is 60.8 Å². The van der Waals surface area contributed by atoms with Gasteiger partial charge in [-0.1, -0.05) is 101 Å². The van der Waals surface area contributed by atoms with E-state index in [-0.39, 0.29) is 67.9 Å². The summed E-state index contributed by atoms with van der Waals surface area (Å²) in [6.07, 6.45) is 19.7. The minimum atomic E-state index is -1.42. The Morgan fingerprint density at radius 3 is 2.20 bits per heavy atom. The molecule has 0 radical (unpaired) electrons. The van der Waals surface area contributed by atoms with Crippen molar-refractivity contribution in [3.05, 3.63) is 122 Å². The van der Waals surface area contributed by atoms with E-state index >= 15 is 0 Å². The van der Waals surface area contributed by atoms with Gasteiger partial charge in [0.2, 0.25) is 11.7 Å². The molecule has 2 aliphatic carbocycles. The van der Waals surface area contributed by atoms with Gasteiger partial charge in [-0.15, -0.1) is 6.58 Å². The van der Waals surface area contributed by atoms with Crippen LogP contribution in [-0.2, 0) is 21.0 Å². The van der Waals surface area contributed by atoms with E-state index in [0.717, 1.165) is 62.5 Å². The Balaban J connectivity index is 1.48. The number of nitro groups is 2. The van der Waals surface area contributed by atoms with Crippen molar-refractivity contribution >= 4 is 23.0 Å². The van der Waals surface area contributed by atoms with Crippen molar-refractivity contribution in [2.24, 2.45) is 22.9 Å². The third-order valence-electron chi connectivity index (χ3n) is 14.1. The van der Waals surface area contributed by atoms with Crippen molar-refractivity contribution in [3.63, 3.8) is 0 Å². The molecule has 380 valence electrons. The zero-order chi connectivity index (χ0) is 49.9. The van der Waals surface area contributed by atoms with Crippen LogP contribution in [0.15, 0.2) is 96.2 Å². The number of hydrogen-bond acceptors (Lipinski definition) is 12. The van der Waals surface area contributed by atoms with Crippen LogP contribution in [0.4, 0.5) is 11.4 Å². The molecule has 0 spiro atoms. The lowest BCUT2D eigenvalue weighted by molar-refractivity contribution is -0.385. The van der Waals surface area contributed by atoms with Gasteiger partial charge in [-0.3, -0.25) is 25.0 Å². The number of unbranched alkanes of at least 4 members (excludes halogenated alkanes) is 10. The summed E-state index contributed by atoms with van der Waals surface area (Å²) in [6.45, 7) is 9.05. The minimum absolute atomic E-state index is 0.0117. The molecule has 0 unspecified atom stereocenters. The molecule has 1 heterocycles. The smallest absolute Gasteiger partial charge is 0.273 e. The zero-order valence-corrected chi connectivity index (χ0v) is 41.2. The molecule has 6 rings (SSSR count). The molecule has 0 saturated heterocycles. The molecule has 1 amide bonds. The average molecular weight is 967 g/mol. The Hall–Kier alpha value is -5.64. The second-order valence-corrected chi connectivity index (χ2v) is 19.0. The van der Waals surface area contributed by atoms with Gasteiger partial charge in [0.15, 0.2) is 0 Å². The van der Waals surface area contributed by atoms with E-state index in [4.69, 9.17) is 24.2 Å². The van der Waals surface area contributed by atoms with Crippen molar-refractivity contribution in [3.8, 4) is 17.2 Å². The SMILES string of the molecule is C=CCO[C@@]12Oc3ccc(Oc4cccc([N+](=O)[O-])c4)cc3[C@H]3[C@H](CCCCO)[C@@H](CCCCO)C=C(C(=NOCc4ccc([N+](=O)[O-])cc4)C[C@@H]1N(CCC)C(=O)CCCCCCCCCCC)[C@H]32. The number of benzene rings is 3. The number of hydrogen-bond donors (Lipinski definition) is 2. The highest BCUT2D eigenvalue weighted by molar-refractivity contribution is 6.03. The van der Waals surface area contributed by atoms with Crippen LogP contribution in [0, 0.1) is 38.0 Å². The molecule has 0 bridgehead atoms. The average Bonchev–Trinajstić information content (AvgIpc) is 3.36. The number of aliphatic hydroxyl groups is 2. The van der Waals surface area contributed by atoms with Crippen LogP contribution in [0.5, 0.6) is 17.2 Å². The fraction of sp³-hybridized carbons (Fsp3) is 0.564. The van der Waals surface area contributed by atoms with E-state index < -0.39 is 27.6 Å². The van der Waals surface area contributed by atoms with E-state index in [1.54, 1.807) is 36.4 Å². The summed E-state index contributed by atoms with van der Waals surface area (Å²) < 4.78 is 20.9. The Bertz CT molecular complexity index is 2250. The van der Waals surface area contributed by atoms with Crippen LogP contribution in [0.3, 0.4) is 0 Å². The summed E-state index contributed by atoms with van der Waals surface area (Å²) in [5.74, 6) is -0.964.